The molecule has 0 aromatic rings. The molecule has 2 aliphatic rings. The van der Waals surface area contributed by atoms with E-state index in [9.17, 15) is 9.59 Å². The van der Waals surface area contributed by atoms with Crippen LogP contribution in [0.15, 0.2) is 0 Å². The van der Waals surface area contributed by atoms with Gasteiger partial charge in [-0.1, -0.05) is 26.7 Å². The molecule has 4 atom stereocenters. The van der Waals surface area contributed by atoms with Gasteiger partial charge in [0.1, 0.15) is 0 Å². The fourth-order valence-electron chi connectivity index (χ4n) is 3.64. The van der Waals surface area contributed by atoms with Gasteiger partial charge in [0.2, 0.25) is 5.91 Å². The molecule has 2 rings (SSSR count). The Bertz CT molecular complexity index is 384. The minimum Gasteiger partial charge on any atom is -0.481 e. The number of aliphatic carboxylic acids is 1. The van der Waals surface area contributed by atoms with Crippen LogP contribution in [0.2, 0.25) is 0 Å². The highest BCUT2D eigenvalue weighted by Gasteiger charge is 2.34. The molecule has 5 nitrogen and oxygen atoms in total. The molecule has 1 saturated carbocycles. The fourth-order valence-corrected chi connectivity index (χ4v) is 3.64. The normalized spacial score (nSPS) is 30.5. The van der Waals surface area contributed by atoms with Crippen LogP contribution in [0.3, 0.4) is 0 Å². The molecule has 0 aromatic carbocycles. The highest BCUT2D eigenvalue weighted by Crippen LogP contribution is 2.32. The monoisotopic (exact) mass is 296 g/mol. The summed E-state index contributed by atoms with van der Waals surface area (Å²) in [5.41, 5.74) is 0. The Morgan fingerprint density at radius 2 is 1.90 bits per heavy atom. The van der Waals surface area contributed by atoms with Crippen molar-refractivity contribution in [2.24, 2.45) is 17.8 Å². The molecule has 0 radical (unpaired) electrons. The van der Waals surface area contributed by atoms with E-state index in [4.69, 9.17) is 5.11 Å². The summed E-state index contributed by atoms with van der Waals surface area (Å²) in [6.45, 7) is 3.96. The molecule has 5 heteroatoms. The van der Waals surface area contributed by atoms with Crippen molar-refractivity contribution >= 4 is 11.9 Å². The summed E-state index contributed by atoms with van der Waals surface area (Å²) in [4.78, 5) is 23.4. The van der Waals surface area contributed by atoms with Crippen LogP contribution in [0.25, 0.3) is 0 Å². The number of carbonyl (C=O) groups is 2. The third-order valence-electron chi connectivity index (χ3n) is 5.09. The Hall–Kier alpha value is -1.10. The van der Waals surface area contributed by atoms with E-state index < -0.39 is 11.9 Å². The van der Waals surface area contributed by atoms with Crippen LogP contribution in [0.4, 0.5) is 0 Å². The Morgan fingerprint density at radius 3 is 2.57 bits per heavy atom. The third-order valence-corrected chi connectivity index (χ3v) is 5.09. The van der Waals surface area contributed by atoms with Crippen LogP contribution in [0.1, 0.15) is 52.4 Å². The van der Waals surface area contributed by atoms with Gasteiger partial charge in [-0.25, -0.2) is 0 Å². The highest BCUT2D eigenvalue weighted by atomic mass is 16.4. The van der Waals surface area contributed by atoms with Crippen molar-refractivity contribution in [3.8, 4) is 0 Å². The van der Waals surface area contributed by atoms with Crippen LogP contribution in [0, 0.1) is 17.8 Å². The molecule has 0 aromatic heterocycles. The first-order valence-corrected chi connectivity index (χ1v) is 8.25. The third kappa shape index (κ3) is 4.19. The van der Waals surface area contributed by atoms with Gasteiger partial charge in [-0.15, -0.1) is 0 Å². The van der Waals surface area contributed by atoms with Crippen molar-refractivity contribution in [2.45, 2.75) is 64.5 Å². The van der Waals surface area contributed by atoms with Gasteiger partial charge in [0.25, 0.3) is 0 Å². The van der Waals surface area contributed by atoms with Gasteiger partial charge in [-0.05, 0) is 37.5 Å². The largest absolute Gasteiger partial charge is 0.481 e. The molecule has 4 unspecified atom stereocenters. The molecule has 3 N–H and O–H groups in total. The van der Waals surface area contributed by atoms with E-state index in [1.165, 1.54) is 19.3 Å². The average molecular weight is 296 g/mol. The Balaban J connectivity index is 1.82. The molecular formula is C16H28N2O3. The maximum Gasteiger partial charge on any atom is 0.308 e. The number of rotatable bonds is 5. The number of carbonyl (C=O) groups excluding carboxylic acids is 1. The predicted molar refractivity (Wildman–Crippen MR) is 80.9 cm³/mol. The van der Waals surface area contributed by atoms with Crippen molar-refractivity contribution in [2.75, 3.05) is 6.54 Å². The van der Waals surface area contributed by atoms with Crippen LogP contribution < -0.4 is 10.6 Å². The van der Waals surface area contributed by atoms with Gasteiger partial charge in [-0.3, -0.25) is 9.59 Å². The van der Waals surface area contributed by atoms with E-state index in [2.05, 4.69) is 10.6 Å². The summed E-state index contributed by atoms with van der Waals surface area (Å²) in [5, 5.41) is 15.5. The molecular weight excluding hydrogens is 268 g/mol. The molecule has 1 saturated heterocycles. The fraction of sp³-hybridized carbons (Fsp3) is 0.875. The van der Waals surface area contributed by atoms with E-state index in [0.717, 1.165) is 25.2 Å². The van der Waals surface area contributed by atoms with Gasteiger partial charge >= 0.3 is 5.97 Å². The number of piperidine rings is 1. The first-order valence-electron chi connectivity index (χ1n) is 8.25. The Kier molecular flexibility index (Phi) is 5.62. The second-order valence-electron chi connectivity index (χ2n) is 6.88. The number of amides is 1. The minimum absolute atomic E-state index is 0.0184. The topological polar surface area (TPSA) is 78.4 Å². The minimum atomic E-state index is -0.839. The molecule has 1 heterocycles. The zero-order chi connectivity index (χ0) is 15.4. The van der Waals surface area contributed by atoms with E-state index in [1.807, 2.05) is 13.8 Å². The van der Waals surface area contributed by atoms with Crippen molar-refractivity contribution in [3.05, 3.63) is 0 Å². The maximum atomic E-state index is 12.3. The lowest BCUT2D eigenvalue weighted by molar-refractivity contribution is -0.143. The average Bonchev–Trinajstić information content (AvgIpc) is 2.46. The lowest BCUT2D eigenvalue weighted by atomic mass is 9.77. The van der Waals surface area contributed by atoms with E-state index in [1.54, 1.807) is 0 Å². The zero-order valence-corrected chi connectivity index (χ0v) is 13.1. The SMILES string of the molecule is CC(C)C(CNC(=O)C1CCC2CCCCC2N1)C(=O)O. The highest BCUT2D eigenvalue weighted by molar-refractivity contribution is 5.82. The van der Waals surface area contributed by atoms with E-state index in [-0.39, 0.29) is 24.4 Å². The molecule has 0 bridgehead atoms. The summed E-state index contributed by atoms with van der Waals surface area (Å²) in [7, 11) is 0. The van der Waals surface area contributed by atoms with Crippen LogP contribution in [-0.4, -0.2) is 35.6 Å². The predicted octanol–water partition coefficient (Wildman–Crippen LogP) is 1.77. The second kappa shape index (κ2) is 7.25. The molecule has 2 fully saturated rings. The van der Waals surface area contributed by atoms with Gasteiger partial charge < -0.3 is 15.7 Å². The number of nitrogens with one attached hydrogen (secondary N) is 2. The summed E-state index contributed by atoms with van der Waals surface area (Å²) < 4.78 is 0. The molecule has 1 aliphatic heterocycles. The van der Waals surface area contributed by atoms with Gasteiger partial charge in [0.05, 0.1) is 12.0 Å². The maximum absolute atomic E-state index is 12.3. The molecule has 1 amide bonds. The van der Waals surface area contributed by atoms with E-state index in [0.29, 0.717) is 6.04 Å². The number of hydrogen-bond donors (Lipinski definition) is 3. The first-order chi connectivity index (χ1) is 9.99. The van der Waals surface area contributed by atoms with Crippen molar-refractivity contribution in [1.82, 2.24) is 10.6 Å². The van der Waals surface area contributed by atoms with Crippen molar-refractivity contribution in [1.29, 1.82) is 0 Å². The molecule has 1 aliphatic carbocycles. The quantitative estimate of drug-likeness (QED) is 0.722. The standard InChI is InChI=1S/C16H28N2O3/c1-10(2)12(16(20)21)9-17-15(19)14-8-7-11-5-3-4-6-13(11)18-14/h10-14,18H,3-9H2,1-2H3,(H,17,19)(H,20,21). The summed E-state index contributed by atoms with van der Waals surface area (Å²) >= 11 is 0. The van der Waals surface area contributed by atoms with E-state index >= 15 is 0 Å². The van der Waals surface area contributed by atoms with Gasteiger partial charge in [0.15, 0.2) is 0 Å². The number of carboxylic acid groups (broad SMARTS) is 1. The smallest absolute Gasteiger partial charge is 0.308 e. The van der Waals surface area contributed by atoms with Gasteiger partial charge in [-0.2, -0.15) is 0 Å². The number of fused-ring (bicyclic) bond motifs is 1. The van der Waals surface area contributed by atoms with Crippen molar-refractivity contribution < 1.29 is 14.7 Å². The number of hydrogen-bond acceptors (Lipinski definition) is 3. The lowest BCUT2D eigenvalue weighted by Gasteiger charge is -2.40. The first kappa shape index (κ1) is 16.3. The van der Waals surface area contributed by atoms with Crippen LogP contribution in [-0.2, 0) is 9.59 Å². The van der Waals surface area contributed by atoms with Gasteiger partial charge in [0, 0.05) is 12.6 Å². The summed E-state index contributed by atoms with van der Waals surface area (Å²) in [6, 6.07) is 0.328. The molecule has 0 spiro atoms. The molecule has 21 heavy (non-hydrogen) atoms. The zero-order valence-electron chi connectivity index (χ0n) is 13.1. The second-order valence-corrected chi connectivity index (χ2v) is 6.88. The van der Waals surface area contributed by atoms with Crippen molar-refractivity contribution in [3.63, 3.8) is 0 Å². The summed E-state index contributed by atoms with van der Waals surface area (Å²) in [5.74, 6) is -0.643. The molecule has 120 valence electrons. The number of carboxylic acids is 1. The summed E-state index contributed by atoms with van der Waals surface area (Å²) in [6.07, 6.45) is 6.98. The lowest BCUT2D eigenvalue weighted by Crippen LogP contribution is -2.55. The van der Waals surface area contributed by atoms with Crippen LogP contribution in [0.5, 0.6) is 0 Å². The Morgan fingerprint density at radius 1 is 1.19 bits per heavy atom. The van der Waals surface area contributed by atoms with Crippen LogP contribution >= 0.6 is 0 Å². The Labute approximate surface area is 126 Å².